The standard InChI is InChI=1S/C26H42N2O8P2/c1-5-25(6-2,37(31,32)33)27(19-21-13-9-11-15-23(21)29)17-18-28(20-22-14-10-12-16-24(22)30)26(7-3,8-4)38(34,35)36/h9-16,29-30H,5-8,17-20H2,1-4H3,(H2,31,32,33)(H2,34,35,36). The van der Waals surface area contributed by atoms with Gasteiger partial charge in [0.25, 0.3) is 0 Å². The highest BCUT2D eigenvalue weighted by Crippen LogP contribution is 2.58. The molecule has 0 aromatic heterocycles. The summed E-state index contributed by atoms with van der Waals surface area (Å²) in [4.78, 5) is 45.2. The number of benzene rings is 2. The molecule has 0 amide bonds. The number of para-hydroxylation sites is 2. The van der Waals surface area contributed by atoms with Gasteiger partial charge in [-0.25, -0.2) is 0 Å². The van der Waals surface area contributed by atoms with Crippen molar-refractivity contribution in [2.75, 3.05) is 13.1 Å². The summed E-state index contributed by atoms with van der Waals surface area (Å²) in [6.45, 7) is 6.88. The monoisotopic (exact) mass is 572 g/mol. The predicted octanol–water partition coefficient (Wildman–Crippen LogP) is 4.79. The molecule has 0 atom stereocenters. The quantitative estimate of drug-likeness (QED) is 0.164. The molecule has 12 heteroatoms. The number of hydrogen-bond donors (Lipinski definition) is 6. The molecule has 0 bridgehead atoms. The van der Waals surface area contributed by atoms with E-state index in [1.807, 2.05) is 0 Å². The lowest BCUT2D eigenvalue weighted by Gasteiger charge is -2.47. The van der Waals surface area contributed by atoms with Crippen LogP contribution in [0.3, 0.4) is 0 Å². The lowest BCUT2D eigenvalue weighted by molar-refractivity contribution is 0.0588. The highest BCUT2D eigenvalue weighted by Gasteiger charge is 2.51. The normalized spacial score (nSPS) is 13.4. The summed E-state index contributed by atoms with van der Waals surface area (Å²) in [6.07, 6.45) is 0.468. The molecule has 0 aliphatic rings. The number of phenolic OH excluding ortho intramolecular Hbond substituents is 2. The van der Waals surface area contributed by atoms with E-state index in [1.54, 1.807) is 73.9 Å². The van der Waals surface area contributed by atoms with Crippen LogP contribution < -0.4 is 0 Å². The van der Waals surface area contributed by atoms with Crippen LogP contribution in [0.2, 0.25) is 0 Å². The van der Waals surface area contributed by atoms with Crippen LogP contribution in [0.5, 0.6) is 11.5 Å². The third-order valence-electron chi connectivity index (χ3n) is 7.87. The van der Waals surface area contributed by atoms with Crippen LogP contribution in [0, 0.1) is 0 Å². The fraction of sp³-hybridized carbons (Fsp3) is 0.538. The molecule has 0 saturated heterocycles. The van der Waals surface area contributed by atoms with Crippen molar-refractivity contribution in [1.82, 2.24) is 9.80 Å². The highest BCUT2D eigenvalue weighted by atomic mass is 31.2. The van der Waals surface area contributed by atoms with Gasteiger partial charge in [0.05, 0.1) is 0 Å². The topological polar surface area (TPSA) is 162 Å². The van der Waals surface area contributed by atoms with Gasteiger partial charge in [-0.3, -0.25) is 18.9 Å². The maximum absolute atomic E-state index is 12.9. The van der Waals surface area contributed by atoms with Gasteiger partial charge in [0.2, 0.25) is 0 Å². The van der Waals surface area contributed by atoms with Gasteiger partial charge in [-0.2, -0.15) is 0 Å². The van der Waals surface area contributed by atoms with Crippen LogP contribution in [0.1, 0.15) is 64.5 Å². The van der Waals surface area contributed by atoms with Crippen LogP contribution in [0.4, 0.5) is 0 Å². The summed E-state index contributed by atoms with van der Waals surface area (Å²) in [7, 11) is -9.41. The van der Waals surface area contributed by atoms with Gasteiger partial charge >= 0.3 is 15.2 Å². The Kier molecular flexibility index (Phi) is 11.2. The van der Waals surface area contributed by atoms with Crippen molar-refractivity contribution in [3.8, 4) is 11.5 Å². The molecule has 0 fully saturated rings. The smallest absolute Gasteiger partial charge is 0.345 e. The molecule has 214 valence electrons. The molecule has 2 aromatic carbocycles. The van der Waals surface area contributed by atoms with Gasteiger partial charge in [0.15, 0.2) is 0 Å². The number of hydrogen-bond acceptors (Lipinski definition) is 6. The lowest BCUT2D eigenvalue weighted by Crippen LogP contribution is -2.54. The predicted molar refractivity (Wildman–Crippen MR) is 148 cm³/mol. The van der Waals surface area contributed by atoms with Gasteiger partial charge in [-0.15, -0.1) is 0 Å². The third kappa shape index (κ3) is 6.69. The molecule has 10 nitrogen and oxygen atoms in total. The SMILES string of the molecule is CCC(CC)(N(CCN(Cc1ccccc1O)C(CC)(CC)P(=O)(O)O)Cc1ccccc1O)P(=O)(O)O. The first-order valence-electron chi connectivity index (χ1n) is 12.9. The molecule has 0 saturated carbocycles. The first-order valence-corrected chi connectivity index (χ1v) is 16.1. The average molecular weight is 573 g/mol. The van der Waals surface area contributed by atoms with Crippen LogP contribution in [-0.2, 0) is 22.2 Å². The summed E-state index contributed by atoms with van der Waals surface area (Å²) in [5.74, 6) is -0.0240. The molecule has 2 rings (SSSR count). The van der Waals surface area contributed by atoms with Crippen LogP contribution in [0.15, 0.2) is 48.5 Å². The van der Waals surface area contributed by atoms with Crippen molar-refractivity contribution in [3.05, 3.63) is 59.7 Å². The van der Waals surface area contributed by atoms with E-state index in [1.165, 1.54) is 12.1 Å². The maximum Gasteiger partial charge on any atom is 0.345 e. The fourth-order valence-corrected chi connectivity index (χ4v) is 8.12. The Labute approximate surface area is 225 Å². The van der Waals surface area contributed by atoms with Crippen molar-refractivity contribution >= 4 is 15.2 Å². The minimum absolute atomic E-state index is 0.0120. The number of aromatic hydroxyl groups is 2. The average Bonchev–Trinajstić information content (AvgIpc) is 2.84. The zero-order chi connectivity index (χ0) is 28.8. The first kappa shape index (κ1) is 32.5. The van der Waals surface area contributed by atoms with Crippen molar-refractivity contribution in [2.24, 2.45) is 0 Å². The van der Waals surface area contributed by atoms with Crippen LogP contribution >= 0.6 is 15.2 Å². The van der Waals surface area contributed by atoms with E-state index in [-0.39, 0.29) is 63.4 Å². The second-order valence-corrected chi connectivity index (χ2v) is 13.4. The Morgan fingerprint density at radius 1 is 0.605 bits per heavy atom. The lowest BCUT2D eigenvalue weighted by atomic mass is 10.0. The number of rotatable bonds is 15. The minimum atomic E-state index is -4.70. The summed E-state index contributed by atoms with van der Waals surface area (Å²) >= 11 is 0. The minimum Gasteiger partial charge on any atom is -0.508 e. The Hall–Kier alpha value is -1.74. The molecule has 0 aliphatic heterocycles. The van der Waals surface area contributed by atoms with E-state index < -0.39 is 25.8 Å². The Morgan fingerprint density at radius 3 is 1.13 bits per heavy atom. The summed E-state index contributed by atoms with van der Waals surface area (Å²) in [5, 5.41) is 17.7. The van der Waals surface area contributed by atoms with E-state index in [2.05, 4.69) is 0 Å². The number of nitrogens with zero attached hydrogens (tertiary/aromatic N) is 2. The van der Waals surface area contributed by atoms with Gasteiger partial charge in [0.1, 0.15) is 22.1 Å². The van der Waals surface area contributed by atoms with Crippen molar-refractivity contribution in [1.29, 1.82) is 0 Å². The Morgan fingerprint density at radius 2 is 0.895 bits per heavy atom. The molecule has 0 unspecified atom stereocenters. The third-order valence-corrected chi connectivity index (χ3v) is 11.9. The second kappa shape index (κ2) is 13.1. The largest absolute Gasteiger partial charge is 0.508 e. The van der Waals surface area contributed by atoms with E-state index in [4.69, 9.17) is 0 Å². The van der Waals surface area contributed by atoms with Gasteiger partial charge in [0, 0.05) is 37.3 Å². The van der Waals surface area contributed by atoms with E-state index >= 15 is 0 Å². The van der Waals surface area contributed by atoms with E-state index in [9.17, 15) is 38.9 Å². The van der Waals surface area contributed by atoms with E-state index in [0.717, 1.165) is 0 Å². The number of phenols is 2. The molecule has 0 radical (unpaired) electrons. The van der Waals surface area contributed by atoms with Gasteiger partial charge < -0.3 is 29.8 Å². The summed E-state index contributed by atoms with van der Waals surface area (Å²) in [6, 6.07) is 13.1. The van der Waals surface area contributed by atoms with E-state index in [0.29, 0.717) is 11.1 Å². The highest BCUT2D eigenvalue weighted by molar-refractivity contribution is 7.53. The van der Waals surface area contributed by atoms with Crippen LogP contribution in [0.25, 0.3) is 0 Å². The molecule has 0 aliphatic carbocycles. The molecule has 2 aromatic rings. The van der Waals surface area contributed by atoms with Gasteiger partial charge in [-0.05, 0) is 37.8 Å². The molecule has 0 heterocycles. The molecule has 6 N–H and O–H groups in total. The summed E-state index contributed by atoms with van der Waals surface area (Å²) in [5.41, 5.74) is 0.957. The Balaban J connectivity index is 2.61. The molecule has 38 heavy (non-hydrogen) atoms. The summed E-state index contributed by atoms with van der Waals surface area (Å²) < 4.78 is 25.8. The molecule has 0 spiro atoms. The fourth-order valence-electron chi connectivity index (χ4n) is 5.40. The van der Waals surface area contributed by atoms with Crippen molar-refractivity contribution in [2.45, 2.75) is 77.0 Å². The molecular weight excluding hydrogens is 530 g/mol. The zero-order valence-corrected chi connectivity index (χ0v) is 24.4. The van der Waals surface area contributed by atoms with Crippen molar-refractivity contribution < 1.29 is 38.9 Å². The Bertz CT molecular complexity index is 1050. The second-order valence-electron chi connectivity index (χ2n) is 9.57. The van der Waals surface area contributed by atoms with Crippen LogP contribution in [-0.4, -0.2) is 63.2 Å². The first-order chi connectivity index (χ1) is 17.7. The molecular formula is C26H42N2O8P2. The zero-order valence-electron chi connectivity index (χ0n) is 22.6. The maximum atomic E-state index is 12.9. The van der Waals surface area contributed by atoms with Gasteiger partial charge in [-0.1, -0.05) is 64.1 Å². The van der Waals surface area contributed by atoms with Crippen molar-refractivity contribution in [3.63, 3.8) is 0 Å².